The number of hydrogen-bond acceptors (Lipinski definition) is 4. The summed E-state index contributed by atoms with van der Waals surface area (Å²) in [4.78, 5) is 18.3. The molecule has 0 aromatic heterocycles. The summed E-state index contributed by atoms with van der Waals surface area (Å²) >= 11 is 0. The van der Waals surface area contributed by atoms with Gasteiger partial charge in [0.15, 0.2) is 0 Å². The van der Waals surface area contributed by atoms with Gasteiger partial charge in [0.1, 0.15) is 0 Å². The van der Waals surface area contributed by atoms with Crippen LogP contribution in [-0.2, 0) is 4.79 Å². The predicted octanol–water partition coefficient (Wildman–Crippen LogP) is -0.569. The van der Waals surface area contributed by atoms with Gasteiger partial charge >= 0.3 is 0 Å². The van der Waals surface area contributed by atoms with Crippen molar-refractivity contribution in [3.8, 4) is 0 Å². The second-order valence-electron chi connectivity index (χ2n) is 4.89. The minimum absolute atomic E-state index is 0.211. The van der Waals surface area contributed by atoms with Crippen LogP contribution in [0.25, 0.3) is 0 Å². The third kappa shape index (κ3) is 5.48. The summed E-state index contributed by atoms with van der Waals surface area (Å²) in [6.07, 6.45) is 2.03. The Kier molecular flexibility index (Phi) is 6.47. The van der Waals surface area contributed by atoms with Gasteiger partial charge < -0.3 is 15.5 Å². The summed E-state index contributed by atoms with van der Waals surface area (Å²) in [6, 6.07) is 0. The van der Waals surface area contributed by atoms with Gasteiger partial charge in [-0.15, -0.1) is 0 Å². The lowest BCUT2D eigenvalue weighted by atomic mass is 10.3. The van der Waals surface area contributed by atoms with Crippen molar-refractivity contribution in [1.82, 2.24) is 14.7 Å². The molecule has 17 heavy (non-hydrogen) atoms. The number of carbonyl (C=O) groups is 1. The molecule has 1 rings (SSSR count). The number of nitrogens with zero attached hydrogens (tertiary/aromatic N) is 3. The van der Waals surface area contributed by atoms with Gasteiger partial charge in [0.05, 0.1) is 6.54 Å². The Morgan fingerprint density at radius 1 is 1.29 bits per heavy atom. The SMILES string of the molecule is CN1CCCN(CC(=O)N(C)CCCN)CC1. The van der Waals surface area contributed by atoms with E-state index >= 15 is 0 Å². The van der Waals surface area contributed by atoms with Gasteiger partial charge in [-0.3, -0.25) is 9.69 Å². The molecule has 0 spiro atoms. The molecule has 0 radical (unpaired) electrons. The number of carbonyl (C=O) groups excluding carboxylic acids is 1. The van der Waals surface area contributed by atoms with E-state index in [-0.39, 0.29) is 5.91 Å². The molecule has 1 saturated heterocycles. The molecule has 1 aliphatic rings. The van der Waals surface area contributed by atoms with Gasteiger partial charge in [-0.1, -0.05) is 0 Å². The van der Waals surface area contributed by atoms with Crippen LogP contribution < -0.4 is 5.73 Å². The van der Waals surface area contributed by atoms with E-state index in [2.05, 4.69) is 16.8 Å². The monoisotopic (exact) mass is 242 g/mol. The third-order valence-electron chi connectivity index (χ3n) is 3.29. The van der Waals surface area contributed by atoms with Crippen molar-refractivity contribution in [1.29, 1.82) is 0 Å². The highest BCUT2D eigenvalue weighted by atomic mass is 16.2. The lowest BCUT2D eigenvalue weighted by molar-refractivity contribution is -0.131. The normalized spacial score (nSPS) is 19.0. The maximum atomic E-state index is 11.9. The van der Waals surface area contributed by atoms with E-state index in [9.17, 15) is 4.79 Å². The van der Waals surface area contributed by atoms with Crippen LogP contribution in [0.5, 0.6) is 0 Å². The van der Waals surface area contributed by atoms with Gasteiger partial charge in [0.25, 0.3) is 0 Å². The molecular weight excluding hydrogens is 216 g/mol. The van der Waals surface area contributed by atoms with Crippen molar-refractivity contribution in [2.75, 3.05) is 59.9 Å². The molecule has 0 unspecified atom stereocenters. The Hall–Kier alpha value is -0.650. The van der Waals surface area contributed by atoms with E-state index in [0.717, 1.165) is 45.6 Å². The topological polar surface area (TPSA) is 52.8 Å². The van der Waals surface area contributed by atoms with Gasteiger partial charge in [-0.2, -0.15) is 0 Å². The predicted molar refractivity (Wildman–Crippen MR) is 69.9 cm³/mol. The number of amides is 1. The summed E-state index contributed by atoms with van der Waals surface area (Å²) in [6.45, 7) is 6.17. The van der Waals surface area contributed by atoms with E-state index < -0.39 is 0 Å². The maximum absolute atomic E-state index is 11.9. The molecule has 0 aromatic rings. The first-order valence-corrected chi connectivity index (χ1v) is 6.48. The van der Waals surface area contributed by atoms with Crippen molar-refractivity contribution < 1.29 is 4.79 Å². The molecule has 5 heteroatoms. The molecule has 1 heterocycles. The summed E-state index contributed by atoms with van der Waals surface area (Å²) in [7, 11) is 4.00. The highest BCUT2D eigenvalue weighted by molar-refractivity contribution is 5.77. The lowest BCUT2D eigenvalue weighted by Crippen LogP contribution is -2.40. The van der Waals surface area contributed by atoms with Crippen LogP contribution in [0.15, 0.2) is 0 Å². The highest BCUT2D eigenvalue weighted by Gasteiger charge is 2.16. The van der Waals surface area contributed by atoms with Crippen LogP contribution in [0.2, 0.25) is 0 Å². The average Bonchev–Trinajstić information content (AvgIpc) is 2.51. The largest absolute Gasteiger partial charge is 0.345 e. The zero-order chi connectivity index (χ0) is 12.7. The lowest BCUT2D eigenvalue weighted by Gasteiger charge is -2.23. The number of likely N-dealkylation sites (N-methyl/N-ethyl adjacent to an activating group) is 2. The molecule has 2 N–H and O–H groups in total. The third-order valence-corrected chi connectivity index (χ3v) is 3.29. The van der Waals surface area contributed by atoms with Crippen LogP contribution in [-0.4, -0.2) is 80.5 Å². The van der Waals surface area contributed by atoms with E-state index in [1.54, 1.807) is 4.90 Å². The highest BCUT2D eigenvalue weighted by Crippen LogP contribution is 2.01. The molecule has 0 aromatic carbocycles. The molecule has 5 nitrogen and oxygen atoms in total. The molecular formula is C12H26N4O. The van der Waals surface area contributed by atoms with Crippen LogP contribution in [0.4, 0.5) is 0 Å². The minimum Gasteiger partial charge on any atom is -0.345 e. The van der Waals surface area contributed by atoms with Gasteiger partial charge in [-0.25, -0.2) is 0 Å². The quantitative estimate of drug-likeness (QED) is 0.701. The van der Waals surface area contributed by atoms with E-state index in [1.165, 1.54) is 0 Å². The first-order valence-electron chi connectivity index (χ1n) is 6.48. The molecule has 100 valence electrons. The second-order valence-corrected chi connectivity index (χ2v) is 4.89. The molecule has 0 bridgehead atoms. The Morgan fingerprint density at radius 2 is 2.06 bits per heavy atom. The van der Waals surface area contributed by atoms with Crippen LogP contribution in [0.3, 0.4) is 0 Å². The van der Waals surface area contributed by atoms with E-state index in [1.807, 2.05) is 7.05 Å². The molecule has 1 amide bonds. The molecule has 0 atom stereocenters. The van der Waals surface area contributed by atoms with Crippen molar-refractivity contribution >= 4 is 5.91 Å². The molecule has 0 aliphatic carbocycles. The second kappa shape index (κ2) is 7.63. The number of nitrogens with two attached hydrogens (primary N) is 1. The first kappa shape index (κ1) is 14.4. The smallest absolute Gasteiger partial charge is 0.236 e. The molecule has 0 saturated carbocycles. The van der Waals surface area contributed by atoms with E-state index in [0.29, 0.717) is 13.1 Å². The minimum atomic E-state index is 0.211. The number of rotatable bonds is 5. The maximum Gasteiger partial charge on any atom is 0.236 e. The van der Waals surface area contributed by atoms with Gasteiger partial charge in [0.2, 0.25) is 5.91 Å². The summed E-state index contributed by atoms with van der Waals surface area (Å²) in [5, 5.41) is 0. The summed E-state index contributed by atoms with van der Waals surface area (Å²) in [5.41, 5.74) is 5.44. The summed E-state index contributed by atoms with van der Waals surface area (Å²) < 4.78 is 0. The van der Waals surface area contributed by atoms with Crippen molar-refractivity contribution in [3.05, 3.63) is 0 Å². The average molecular weight is 242 g/mol. The van der Waals surface area contributed by atoms with Crippen molar-refractivity contribution in [2.45, 2.75) is 12.8 Å². The molecule has 1 fully saturated rings. The van der Waals surface area contributed by atoms with Crippen molar-refractivity contribution in [2.24, 2.45) is 5.73 Å². The van der Waals surface area contributed by atoms with Crippen LogP contribution >= 0.6 is 0 Å². The number of hydrogen-bond donors (Lipinski definition) is 1. The van der Waals surface area contributed by atoms with Crippen LogP contribution in [0, 0.1) is 0 Å². The van der Waals surface area contributed by atoms with E-state index in [4.69, 9.17) is 5.73 Å². The molecule has 1 aliphatic heterocycles. The zero-order valence-electron chi connectivity index (χ0n) is 11.2. The van der Waals surface area contributed by atoms with Gasteiger partial charge in [0, 0.05) is 26.7 Å². The fourth-order valence-corrected chi connectivity index (χ4v) is 2.02. The fraction of sp³-hybridized carbons (Fsp3) is 0.917. The summed E-state index contributed by atoms with van der Waals surface area (Å²) in [5.74, 6) is 0.211. The van der Waals surface area contributed by atoms with Crippen molar-refractivity contribution in [3.63, 3.8) is 0 Å². The fourth-order valence-electron chi connectivity index (χ4n) is 2.02. The Bertz CT molecular complexity index is 235. The van der Waals surface area contributed by atoms with Crippen LogP contribution in [0.1, 0.15) is 12.8 Å². The first-order chi connectivity index (χ1) is 8.13. The van der Waals surface area contributed by atoms with Gasteiger partial charge in [-0.05, 0) is 39.5 Å². The Morgan fingerprint density at radius 3 is 2.76 bits per heavy atom. The Labute approximate surface area is 105 Å². The zero-order valence-corrected chi connectivity index (χ0v) is 11.2. The standard InChI is InChI=1S/C12H26N4O/c1-14-6-4-8-16(10-9-14)11-12(17)15(2)7-3-5-13/h3-11,13H2,1-2H3. The Balaban J connectivity index is 2.29.